The number of thiophene rings is 1. The molecule has 160 valence electrons. The molecule has 3 aromatic heterocycles. The number of hydrogen-bond acceptors (Lipinski definition) is 6. The van der Waals surface area contributed by atoms with Crippen LogP contribution in [0.2, 0.25) is 0 Å². The largest absolute Gasteiger partial charge is 0.310 e. The Bertz CT molecular complexity index is 1340. The molecule has 0 spiro atoms. The Morgan fingerprint density at radius 3 is 2.81 bits per heavy atom. The van der Waals surface area contributed by atoms with Gasteiger partial charge < -0.3 is 10.3 Å². The number of carbonyl (C=O) groups is 1. The first-order valence-electron chi connectivity index (χ1n) is 9.78. The number of aromatic amines is 1. The summed E-state index contributed by atoms with van der Waals surface area (Å²) in [5, 5.41) is 3.90. The molecule has 0 saturated carbocycles. The molecule has 0 fully saturated rings. The SMILES string of the molecule is Cc1ccc(Cc2cnc(NC(=O)CCc3nc4sc(C)c(C)c4c(=O)[nH]3)s2)cc1F. The number of anilines is 1. The number of fused-ring (bicyclic) bond motifs is 1. The summed E-state index contributed by atoms with van der Waals surface area (Å²) < 4.78 is 13.7. The van der Waals surface area contributed by atoms with Gasteiger partial charge in [0, 0.05) is 35.2 Å². The first kappa shape index (κ1) is 21.3. The van der Waals surface area contributed by atoms with Gasteiger partial charge in [-0.05, 0) is 43.5 Å². The Balaban J connectivity index is 1.37. The van der Waals surface area contributed by atoms with Gasteiger partial charge in [0.25, 0.3) is 5.56 Å². The standard InChI is InChI=1S/C22H21FN4O2S2/c1-11-4-5-14(9-16(11)23)8-15-10-24-22(31-15)27-18(28)7-6-17-25-20(29)19-12(2)13(3)30-21(19)26-17/h4-5,9-10H,6-8H2,1-3H3,(H,24,27,28)(H,25,26,29). The molecule has 6 nitrogen and oxygen atoms in total. The monoisotopic (exact) mass is 456 g/mol. The highest BCUT2D eigenvalue weighted by Crippen LogP contribution is 2.26. The summed E-state index contributed by atoms with van der Waals surface area (Å²) in [7, 11) is 0. The summed E-state index contributed by atoms with van der Waals surface area (Å²) in [6.07, 6.45) is 2.74. The minimum atomic E-state index is -0.228. The lowest BCUT2D eigenvalue weighted by molar-refractivity contribution is -0.116. The van der Waals surface area contributed by atoms with Crippen LogP contribution in [0.1, 0.15) is 38.7 Å². The van der Waals surface area contributed by atoms with Crippen molar-refractivity contribution in [3.63, 3.8) is 0 Å². The molecule has 0 aliphatic carbocycles. The number of aromatic nitrogens is 3. The lowest BCUT2D eigenvalue weighted by Crippen LogP contribution is -2.16. The van der Waals surface area contributed by atoms with Crippen molar-refractivity contribution < 1.29 is 9.18 Å². The van der Waals surface area contributed by atoms with E-state index >= 15 is 0 Å². The van der Waals surface area contributed by atoms with E-state index < -0.39 is 0 Å². The maximum Gasteiger partial charge on any atom is 0.259 e. The van der Waals surface area contributed by atoms with Crippen molar-refractivity contribution in [2.75, 3.05) is 5.32 Å². The van der Waals surface area contributed by atoms with Crippen molar-refractivity contribution >= 4 is 43.9 Å². The fourth-order valence-electron chi connectivity index (χ4n) is 3.23. The van der Waals surface area contributed by atoms with Crippen molar-refractivity contribution in [2.24, 2.45) is 0 Å². The van der Waals surface area contributed by atoms with E-state index in [4.69, 9.17) is 0 Å². The molecule has 0 aliphatic heterocycles. The number of H-pyrrole nitrogens is 1. The summed E-state index contributed by atoms with van der Waals surface area (Å²) in [6.45, 7) is 5.60. The molecule has 3 heterocycles. The number of nitrogens with one attached hydrogen (secondary N) is 2. The lowest BCUT2D eigenvalue weighted by atomic mass is 10.1. The van der Waals surface area contributed by atoms with Gasteiger partial charge in [-0.1, -0.05) is 12.1 Å². The fourth-order valence-corrected chi connectivity index (χ4v) is 5.14. The second kappa shape index (κ2) is 8.68. The van der Waals surface area contributed by atoms with Gasteiger partial charge in [-0.15, -0.1) is 22.7 Å². The first-order chi connectivity index (χ1) is 14.8. The molecule has 0 bridgehead atoms. The van der Waals surface area contributed by atoms with Crippen LogP contribution in [0.15, 0.2) is 29.2 Å². The van der Waals surface area contributed by atoms with E-state index in [0.29, 0.717) is 39.6 Å². The normalized spacial score (nSPS) is 11.2. The number of hydrogen-bond donors (Lipinski definition) is 2. The summed E-state index contributed by atoms with van der Waals surface area (Å²) >= 11 is 2.84. The third-order valence-electron chi connectivity index (χ3n) is 5.09. The molecule has 0 aliphatic rings. The van der Waals surface area contributed by atoms with Crippen LogP contribution >= 0.6 is 22.7 Å². The van der Waals surface area contributed by atoms with E-state index in [0.717, 1.165) is 20.9 Å². The smallest absolute Gasteiger partial charge is 0.259 e. The number of aryl methyl sites for hydroxylation is 4. The minimum Gasteiger partial charge on any atom is -0.310 e. The fraction of sp³-hybridized carbons (Fsp3) is 0.273. The maximum absolute atomic E-state index is 13.7. The number of thiazole rings is 1. The van der Waals surface area contributed by atoms with Crippen molar-refractivity contribution in [3.05, 3.63) is 72.8 Å². The van der Waals surface area contributed by atoms with E-state index in [-0.39, 0.29) is 23.7 Å². The van der Waals surface area contributed by atoms with Gasteiger partial charge in [0.15, 0.2) is 5.13 Å². The van der Waals surface area contributed by atoms with Crippen LogP contribution < -0.4 is 10.9 Å². The Kier molecular flexibility index (Phi) is 5.97. The molecule has 0 saturated heterocycles. The van der Waals surface area contributed by atoms with E-state index in [9.17, 15) is 14.0 Å². The van der Waals surface area contributed by atoms with Gasteiger partial charge in [-0.25, -0.2) is 14.4 Å². The number of nitrogens with zero attached hydrogens (tertiary/aromatic N) is 2. The quantitative estimate of drug-likeness (QED) is 0.441. The van der Waals surface area contributed by atoms with Crippen LogP contribution in [0.3, 0.4) is 0 Å². The van der Waals surface area contributed by atoms with Crippen molar-refractivity contribution in [1.82, 2.24) is 15.0 Å². The topological polar surface area (TPSA) is 87.7 Å². The molecule has 0 radical (unpaired) electrons. The third kappa shape index (κ3) is 4.72. The summed E-state index contributed by atoms with van der Waals surface area (Å²) in [5.74, 6) is 0.0620. The zero-order valence-corrected chi connectivity index (χ0v) is 19.0. The second-order valence-corrected chi connectivity index (χ2v) is 9.73. The first-order valence-corrected chi connectivity index (χ1v) is 11.4. The molecule has 2 N–H and O–H groups in total. The second-order valence-electron chi connectivity index (χ2n) is 7.42. The van der Waals surface area contributed by atoms with Gasteiger partial charge >= 0.3 is 0 Å². The molecule has 0 unspecified atom stereocenters. The predicted octanol–water partition coefficient (Wildman–Crippen LogP) is 4.67. The Labute approximate surface area is 186 Å². The number of carbonyl (C=O) groups excluding carboxylic acids is 1. The molecule has 1 aromatic carbocycles. The summed E-state index contributed by atoms with van der Waals surface area (Å²) in [6, 6.07) is 5.16. The number of halogens is 1. The molecule has 4 rings (SSSR count). The predicted molar refractivity (Wildman–Crippen MR) is 123 cm³/mol. The highest BCUT2D eigenvalue weighted by molar-refractivity contribution is 7.18. The van der Waals surface area contributed by atoms with Crippen LogP contribution in [0.25, 0.3) is 10.2 Å². The lowest BCUT2D eigenvalue weighted by Gasteiger charge is -2.03. The molecule has 0 atom stereocenters. The highest BCUT2D eigenvalue weighted by atomic mass is 32.1. The highest BCUT2D eigenvalue weighted by Gasteiger charge is 2.13. The molecule has 1 amide bonds. The minimum absolute atomic E-state index is 0.167. The van der Waals surface area contributed by atoms with E-state index in [1.807, 2.05) is 19.9 Å². The number of benzene rings is 1. The number of amides is 1. The molecule has 9 heteroatoms. The van der Waals surface area contributed by atoms with Gasteiger partial charge in [0.1, 0.15) is 16.5 Å². The van der Waals surface area contributed by atoms with Gasteiger partial charge in [0.2, 0.25) is 5.91 Å². The van der Waals surface area contributed by atoms with Crippen LogP contribution in [0.5, 0.6) is 0 Å². The van der Waals surface area contributed by atoms with Crippen LogP contribution in [0.4, 0.5) is 9.52 Å². The van der Waals surface area contributed by atoms with E-state index in [2.05, 4.69) is 20.3 Å². The third-order valence-corrected chi connectivity index (χ3v) is 7.11. The number of rotatable bonds is 6. The maximum atomic E-state index is 13.7. The Hall–Kier alpha value is -2.91. The summed E-state index contributed by atoms with van der Waals surface area (Å²) in [4.78, 5) is 38.9. The van der Waals surface area contributed by atoms with Crippen molar-refractivity contribution in [2.45, 2.75) is 40.0 Å². The van der Waals surface area contributed by atoms with Gasteiger partial charge in [-0.2, -0.15) is 0 Å². The summed E-state index contributed by atoms with van der Waals surface area (Å²) in [5.41, 5.74) is 2.25. The van der Waals surface area contributed by atoms with Crippen molar-refractivity contribution in [1.29, 1.82) is 0 Å². The zero-order valence-electron chi connectivity index (χ0n) is 17.3. The van der Waals surface area contributed by atoms with E-state index in [1.165, 1.54) is 28.7 Å². The van der Waals surface area contributed by atoms with Crippen LogP contribution in [-0.2, 0) is 17.6 Å². The molecular formula is C22H21FN4O2S2. The average Bonchev–Trinajstić information content (AvgIpc) is 3.27. The molecule has 4 aromatic rings. The Morgan fingerprint density at radius 2 is 2.03 bits per heavy atom. The van der Waals surface area contributed by atoms with Crippen LogP contribution in [-0.4, -0.2) is 20.9 Å². The van der Waals surface area contributed by atoms with Gasteiger partial charge in [-0.3, -0.25) is 9.59 Å². The van der Waals surface area contributed by atoms with E-state index in [1.54, 1.807) is 19.2 Å². The van der Waals surface area contributed by atoms with Crippen molar-refractivity contribution in [3.8, 4) is 0 Å². The van der Waals surface area contributed by atoms with Crippen LogP contribution in [0, 0.1) is 26.6 Å². The van der Waals surface area contributed by atoms with Gasteiger partial charge in [0.05, 0.1) is 5.39 Å². The molecule has 31 heavy (non-hydrogen) atoms. The molecular weight excluding hydrogens is 435 g/mol. The Morgan fingerprint density at radius 1 is 1.23 bits per heavy atom. The zero-order chi connectivity index (χ0) is 22.1. The average molecular weight is 457 g/mol.